The topological polar surface area (TPSA) is 57.6 Å². The molecular weight excluding hydrogens is 280 g/mol. The van der Waals surface area contributed by atoms with Gasteiger partial charge in [-0.25, -0.2) is 0 Å². The number of alkyl halides is 2. The summed E-state index contributed by atoms with van der Waals surface area (Å²) in [7, 11) is 0. The summed E-state index contributed by atoms with van der Waals surface area (Å²) in [6.07, 6.45) is 1.28. The second kappa shape index (κ2) is 5.79. The lowest BCUT2D eigenvalue weighted by Gasteiger charge is -2.28. The number of rotatable bonds is 6. The molecule has 0 spiro atoms. The predicted octanol–water partition coefficient (Wildman–Crippen LogP) is 2.49. The third-order valence-electron chi connectivity index (χ3n) is 3.55. The number of hydrogen-bond donors (Lipinski definition) is 1. The van der Waals surface area contributed by atoms with Crippen LogP contribution in [0.25, 0.3) is 0 Å². The molecule has 1 fully saturated rings. The number of carbonyl (C=O) groups is 2. The van der Waals surface area contributed by atoms with Gasteiger partial charge in [0.25, 0.3) is 5.91 Å². The van der Waals surface area contributed by atoms with Crippen molar-refractivity contribution in [1.82, 2.24) is 4.90 Å². The average Bonchev–Trinajstić information content (AvgIpc) is 3.29. The molecule has 0 radical (unpaired) electrons. The Bertz CT molecular complexity index is 529. The summed E-state index contributed by atoms with van der Waals surface area (Å²) < 4.78 is 28.6. The highest BCUT2D eigenvalue weighted by atomic mass is 19.3. The Labute approximate surface area is 121 Å². The Morgan fingerprint density at radius 2 is 1.90 bits per heavy atom. The van der Waals surface area contributed by atoms with Crippen molar-refractivity contribution in [2.75, 3.05) is 6.54 Å². The number of aliphatic carboxylic acids is 1. The fourth-order valence-corrected chi connectivity index (χ4v) is 2.11. The zero-order valence-electron chi connectivity index (χ0n) is 11.6. The summed E-state index contributed by atoms with van der Waals surface area (Å²) in [5.74, 6) is -6.93. The molecule has 0 heterocycles. The maximum atomic E-state index is 14.3. The normalized spacial score (nSPS) is 16.3. The average molecular weight is 297 g/mol. The highest BCUT2D eigenvalue weighted by Crippen LogP contribution is 2.35. The van der Waals surface area contributed by atoms with Crippen LogP contribution in [0.15, 0.2) is 30.3 Å². The summed E-state index contributed by atoms with van der Waals surface area (Å²) in [5, 5.41) is 8.91. The van der Waals surface area contributed by atoms with E-state index in [9.17, 15) is 18.4 Å². The summed E-state index contributed by atoms with van der Waals surface area (Å²) in [6, 6.07) is 6.60. The van der Waals surface area contributed by atoms with E-state index in [2.05, 4.69) is 0 Å². The Hall–Kier alpha value is -1.98. The van der Waals surface area contributed by atoms with Gasteiger partial charge in [-0.05, 0) is 12.8 Å². The van der Waals surface area contributed by atoms with E-state index in [0.29, 0.717) is 12.8 Å². The van der Waals surface area contributed by atoms with Crippen molar-refractivity contribution in [2.45, 2.75) is 31.7 Å². The monoisotopic (exact) mass is 297 g/mol. The first-order chi connectivity index (χ1) is 9.84. The van der Waals surface area contributed by atoms with Crippen molar-refractivity contribution in [3.05, 3.63) is 35.9 Å². The lowest BCUT2D eigenvalue weighted by Crippen LogP contribution is -2.46. The molecule has 1 unspecified atom stereocenters. The third-order valence-corrected chi connectivity index (χ3v) is 3.55. The highest BCUT2D eigenvalue weighted by molar-refractivity contribution is 5.86. The molecule has 2 rings (SSSR count). The van der Waals surface area contributed by atoms with Crippen LogP contribution in [0.3, 0.4) is 0 Å². The molecule has 1 aliphatic carbocycles. The van der Waals surface area contributed by atoms with Crippen LogP contribution in [0, 0.1) is 5.92 Å². The van der Waals surface area contributed by atoms with Crippen molar-refractivity contribution in [2.24, 2.45) is 5.92 Å². The molecular formula is C15H17F2NO3. The number of carboxylic acid groups (broad SMARTS) is 1. The van der Waals surface area contributed by atoms with Crippen LogP contribution in [-0.2, 0) is 15.5 Å². The Balaban J connectivity index is 2.20. The Kier molecular flexibility index (Phi) is 4.25. The van der Waals surface area contributed by atoms with Gasteiger partial charge in [-0.15, -0.1) is 0 Å². The van der Waals surface area contributed by atoms with E-state index in [1.165, 1.54) is 31.2 Å². The number of hydrogen-bond acceptors (Lipinski definition) is 2. The quantitative estimate of drug-likeness (QED) is 0.877. The smallest absolute Gasteiger partial charge is 0.349 e. The fourth-order valence-electron chi connectivity index (χ4n) is 2.11. The molecule has 0 bridgehead atoms. The van der Waals surface area contributed by atoms with Crippen molar-refractivity contribution in [3.8, 4) is 0 Å². The number of amides is 1. The van der Waals surface area contributed by atoms with Crippen molar-refractivity contribution < 1.29 is 23.5 Å². The molecule has 1 amide bonds. The molecule has 6 heteroatoms. The van der Waals surface area contributed by atoms with Crippen molar-refractivity contribution in [1.29, 1.82) is 0 Å². The summed E-state index contributed by atoms with van der Waals surface area (Å²) in [5.41, 5.74) is -0.372. The Morgan fingerprint density at radius 3 is 2.38 bits per heavy atom. The lowest BCUT2D eigenvalue weighted by molar-refractivity contribution is -0.161. The van der Waals surface area contributed by atoms with Gasteiger partial charge < -0.3 is 10.0 Å². The van der Waals surface area contributed by atoms with E-state index in [1.54, 1.807) is 6.07 Å². The van der Waals surface area contributed by atoms with Crippen LogP contribution < -0.4 is 0 Å². The van der Waals surface area contributed by atoms with Gasteiger partial charge in [0, 0.05) is 18.2 Å². The van der Waals surface area contributed by atoms with Gasteiger partial charge in [0.2, 0.25) is 0 Å². The predicted molar refractivity (Wildman–Crippen MR) is 71.9 cm³/mol. The molecule has 114 valence electrons. The zero-order chi connectivity index (χ0) is 15.6. The van der Waals surface area contributed by atoms with Crippen LogP contribution >= 0.6 is 0 Å². The number of carbonyl (C=O) groups excluding carboxylic acids is 1. The van der Waals surface area contributed by atoms with E-state index in [0.717, 1.165) is 4.90 Å². The molecule has 1 aliphatic rings. The van der Waals surface area contributed by atoms with Gasteiger partial charge in [0.05, 0.1) is 5.92 Å². The third kappa shape index (κ3) is 3.37. The first-order valence-corrected chi connectivity index (χ1v) is 6.81. The van der Waals surface area contributed by atoms with E-state index < -0.39 is 23.7 Å². The minimum absolute atomic E-state index is 0.193. The van der Waals surface area contributed by atoms with Gasteiger partial charge in [0.1, 0.15) is 0 Å². The first kappa shape index (κ1) is 15.4. The number of halogens is 2. The second-order valence-electron chi connectivity index (χ2n) is 5.37. The Morgan fingerprint density at radius 1 is 1.33 bits per heavy atom. The van der Waals surface area contributed by atoms with Crippen LogP contribution in [0.5, 0.6) is 0 Å². The van der Waals surface area contributed by atoms with E-state index in [4.69, 9.17) is 5.11 Å². The van der Waals surface area contributed by atoms with E-state index in [1.807, 2.05) is 0 Å². The van der Waals surface area contributed by atoms with Crippen molar-refractivity contribution >= 4 is 11.9 Å². The SMILES string of the molecule is CC(CN(C(=O)C(F)(F)c1ccccc1)C1CC1)C(=O)O. The highest BCUT2D eigenvalue weighted by Gasteiger charge is 2.48. The largest absolute Gasteiger partial charge is 0.481 e. The summed E-state index contributed by atoms with van der Waals surface area (Å²) in [6.45, 7) is 1.22. The molecule has 1 atom stereocenters. The summed E-state index contributed by atoms with van der Waals surface area (Å²) >= 11 is 0. The molecule has 0 aliphatic heterocycles. The van der Waals surface area contributed by atoms with Crippen LogP contribution in [0.2, 0.25) is 0 Å². The molecule has 1 N–H and O–H groups in total. The van der Waals surface area contributed by atoms with Gasteiger partial charge in [-0.1, -0.05) is 37.3 Å². The van der Waals surface area contributed by atoms with Gasteiger partial charge in [-0.2, -0.15) is 8.78 Å². The minimum Gasteiger partial charge on any atom is -0.481 e. The minimum atomic E-state index is -3.64. The van der Waals surface area contributed by atoms with Crippen LogP contribution in [0.4, 0.5) is 8.78 Å². The van der Waals surface area contributed by atoms with E-state index in [-0.39, 0.29) is 18.2 Å². The van der Waals surface area contributed by atoms with Gasteiger partial charge in [0.15, 0.2) is 0 Å². The molecule has 1 aromatic carbocycles. The number of nitrogens with zero attached hydrogens (tertiary/aromatic N) is 1. The van der Waals surface area contributed by atoms with E-state index >= 15 is 0 Å². The molecule has 1 aromatic rings. The molecule has 0 saturated heterocycles. The molecule has 4 nitrogen and oxygen atoms in total. The molecule has 21 heavy (non-hydrogen) atoms. The number of carboxylic acids is 1. The van der Waals surface area contributed by atoms with Crippen molar-refractivity contribution in [3.63, 3.8) is 0 Å². The maximum absolute atomic E-state index is 14.3. The molecule has 1 saturated carbocycles. The van der Waals surface area contributed by atoms with Gasteiger partial charge >= 0.3 is 11.9 Å². The fraction of sp³-hybridized carbons (Fsp3) is 0.467. The lowest BCUT2D eigenvalue weighted by atomic mass is 10.1. The zero-order valence-corrected chi connectivity index (χ0v) is 11.6. The van der Waals surface area contributed by atoms with Gasteiger partial charge in [-0.3, -0.25) is 9.59 Å². The number of benzene rings is 1. The van der Waals surface area contributed by atoms with Crippen LogP contribution in [0.1, 0.15) is 25.3 Å². The molecule has 0 aromatic heterocycles. The van der Waals surface area contributed by atoms with Crippen LogP contribution in [-0.4, -0.2) is 34.5 Å². The second-order valence-corrected chi connectivity index (χ2v) is 5.37. The standard InChI is InChI=1S/C15H17F2NO3/c1-10(13(19)20)9-18(12-7-8-12)14(21)15(16,17)11-5-3-2-4-6-11/h2-6,10,12H,7-9H2,1H3,(H,19,20). The maximum Gasteiger partial charge on any atom is 0.349 e. The first-order valence-electron chi connectivity index (χ1n) is 6.81. The summed E-state index contributed by atoms with van der Waals surface area (Å²) in [4.78, 5) is 24.1.